The number of carbonyl (C=O) groups excluding carboxylic acids is 1. The Morgan fingerprint density at radius 2 is 1.95 bits per heavy atom. The molecule has 0 aliphatic rings. The predicted octanol–water partition coefficient (Wildman–Crippen LogP) is 1.59. The number of benzene rings is 1. The van der Waals surface area contributed by atoms with E-state index >= 15 is 0 Å². The van der Waals surface area contributed by atoms with Crippen molar-refractivity contribution in [3.63, 3.8) is 0 Å². The Hall–Kier alpha value is -1.82. The Labute approximate surface area is 123 Å². The summed E-state index contributed by atoms with van der Waals surface area (Å²) in [5.41, 5.74) is 1.20. The van der Waals surface area contributed by atoms with E-state index in [9.17, 15) is 4.79 Å². The van der Waals surface area contributed by atoms with Crippen LogP contribution in [0.2, 0.25) is 0 Å². The van der Waals surface area contributed by atoms with Crippen molar-refractivity contribution in [1.82, 2.24) is 19.7 Å². The lowest BCUT2D eigenvalue weighted by Crippen LogP contribution is -2.23. The molecule has 0 saturated carbocycles. The van der Waals surface area contributed by atoms with Crippen LogP contribution in [0, 0.1) is 0 Å². The quantitative estimate of drug-likeness (QED) is 0.785. The molecular weight excluding hydrogens is 272 g/mol. The van der Waals surface area contributed by atoms with E-state index in [1.807, 2.05) is 29.8 Å². The molecule has 0 unspecified atom stereocenters. The Morgan fingerprint density at radius 1 is 1.25 bits per heavy atom. The zero-order valence-corrected chi connectivity index (χ0v) is 12.7. The van der Waals surface area contributed by atoms with Gasteiger partial charge in [0.1, 0.15) is 5.82 Å². The van der Waals surface area contributed by atoms with E-state index < -0.39 is 0 Å². The average Bonchev–Trinajstić information content (AvgIpc) is 2.78. The number of amides is 1. The van der Waals surface area contributed by atoms with Crippen molar-refractivity contribution in [1.29, 1.82) is 0 Å². The standard InChI is InChI=1S/C14H18N4OS/c1-17(2)13(19)10-20-14-16-15-12(18(14)3)9-11-7-5-4-6-8-11/h4-8H,9-10H2,1-3H3. The fourth-order valence-electron chi connectivity index (χ4n) is 1.66. The van der Waals surface area contributed by atoms with Gasteiger partial charge >= 0.3 is 0 Å². The van der Waals surface area contributed by atoms with Crippen LogP contribution in [0.3, 0.4) is 0 Å². The van der Waals surface area contributed by atoms with Gasteiger partial charge in [0.15, 0.2) is 5.16 Å². The molecule has 0 aliphatic heterocycles. The summed E-state index contributed by atoms with van der Waals surface area (Å²) >= 11 is 1.41. The minimum Gasteiger partial charge on any atom is -0.348 e. The van der Waals surface area contributed by atoms with Gasteiger partial charge in [-0.15, -0.1) is 10.2 Å². The van der Waals surface area contributed by atoms with Crippen LogP contribution in [-0.4, -0.2) is 45.4 Å². The van der Waals surface area contributed by atoms with Crippen LogP contribution in [0.5, 0.6) is 0 Å². The van der Waals surface area contributed by atoms with Crippen LogP contribution >= 0.6 is 11.8 Å². The van der Waals surface area contributed by atoms with Crippen molar-refractivity contribution in [2.24, 2.45) is 7.05 Å². The van der Waals surface area contributed by atoms with Gasteiger partial charge in [0.05, 0.1) is 5.75 Å². The van der Waals surface area contributed by atoms with Gasteiger partial charge in [0, 0.05) is 27.6 Å². The van der Waals surface area contributed by atoms with E-state index in [1.54, 1.807) is 19.0 Å². The summed E-state index contributed by atoms with van der Waals surface area (Å²) in [4.78, 5) is 13.2. The third kappa shape index (κ3) is 3.60. The minimum atomic E-state index is 0.0719. The molecule has 1 amide bonds. The highest BCUT2D eigenvalue weighted by molar-refractivity contribution is 7.99. The van der Waals surface area contributed by atoms with Gasteiger partial charge in [-0.25, -0.2) is 0 Å². The van der Waals surface area contributed by atoms with Crippen molar-refractivity contribution in [3.05, 3.63) is 41.7 Å². The lowest BCUT2D eigenvalue weighted by molar-refractivity contribution is -0.125. The van der Waals surface area contributed by atoms with Crippen molar-refractivity contribution in [2.75, 3.05) is 19.8 Å². The van der Waals surface area contributed by atoms with Gasteiger partial charge in [-0.1, -0.05) is 42.1 Å². The maximum Gasteiger partial charge on any atom is 0.232 e. The first-order valence-corrected chi connectivity index (χ1v) is 7.31. The summed E-state index contributed by atoms with van der Waals surface area (Å²) in [6.45, 7) is 0. The van der Waals surface area contributed by atoms with Crippen LogP contribution < -0.4 is 0 Å². The Bertz CT molecular complexity index is 580. The zero-order chi connectivity index (χ0) is 14.5. The van der Waals surface area contributed by atoms with E-state index in [-0.39, 0.29) is 5.91 Å². The second kappa shape index (κ2) is 6.56. The summed E-state index contributed by atoms with van der Waals surface area (Å²) in [6.07, 6.45) is 0.743. The second-order valence-electron chi connectivity index (χ2n) is 4.70. The van der Waals surface area contributed by atoms with Crippen molar-refractivity contribution in [2.45, 2.75) is 11.6 Å². The maximum absolute atomic E-state index is 11.6. The molecule has 0 radical (unpaired) electrons. The van der Waals surface area contributed by atoms with Gasteiger partial charge in [0.25, 0.3) is 0 Å². The molecule has 5 nitrogen and oxygen atoms in total. The van der Waals surface area contributed by atoms with Crippen LogP contribution in [0.4, 0.5) is 0 Å². The van der Waals surface area contributed by atoms with Crippen molar-refractivity contribution < 1.29 is 4.79 Å². The number of carbonyl (C=O) groups is 1. The lowest BCUT2D eigenvalue weighted by Gasteiger charge is -2.09. The van der Waals surface area contributed by atoms with Crippen LogP contribution in [-0.2, 0) is 18.3 Å². The topological polar surface area (TPSA) is 51.0 Å². The van der Waals surface area contributed by atoms with Gasteiger partial charge in [-0.3, -0.25) is 4.79 Å². The van der Waals surface area contributed by atoms with Gasteiger partial charge in [0.2, 0.25) is 5.91 Å². The fraction of sp³-hybridized carbons (Fsp3) is 0.357. The highest BCUT2D eigenvalue weighted by atomic mass is 32.2. The van der Waals surface area contributed by atoms with E-state index in [1.165, 1.54) is 17.3 Å². The van der Waals surface area contributed by atoms with Crippen LogP contribution in [0.25, 0.3) is 0 Å². The molecule has 106 valence electrons. The molecule has 1 aromatic heterocycles. The van der Waals surface area contributed by atoms with Crippen molar-refractivity contribution >= 4 is 17.7 Å². The largest absolute Gasteiger partial charge is 0.348 e. The molecule has 6 heteroatoms. The van der Waals surface area contributed by atoms with E-state index in [0.717, 1.165) is 17.4 Å². The SMILES string of the molecule is CN(C)C(=O)CSc1nnc(Cc2ccccc2)n1C. The third-order valence-corrected chi connectivity index (χ3v) is 3.96. The van der Waals surface area contributed by atoms with E-state index in [0.29, 0.717) is 5.75 Å². The van der Waals surface area contributed by atoms with E-state index in [4.69, 9.17) is 0 Å². The summed E-state index contributed by atoms with van der Waals surface area (Å²) in [6, 6.07) is 10.1. The molecule has 0 aliphatic carbocycles. The number of rotatable bonds is 5. The average molecular weight is 290 g/mol. The monoisotopic (exact) mass is 290 g/mol. The number of hydrogen-bond donors (Lipinski definition) is 0. The summed E-state index contributed by atoms with van der Waals surface area (Å²) in [5, 5.41) is 9.12. The summed E-state index contributed by atoms with van der Waals surface area (Å²) < 4.78 is 1.95. The normalized spacial score (nSPS) is 10.6. The highest BCUT2D eigenvalue weighted by Crippen LogP contribution is 2.17. The molecule has 1 aromatic carbocycles. The predicted molar refractivity (Wildman–Crippen MR) is 79.7 cm³/mol. The number of aromatic nitrogens is 3. The Balaban J connectivity index is 2.02. The third-order valence-electron chi connectivity index (χ3n) is 2.95. The zero-order valence-electron chi connectivity index (χ0n) is 11.9. The number of nitrogens with zero attached hydrogens (tertiary/aromatic N) is 4. The molecule has 0 bridgehead atoms. The first-order chi connectivity index (χ1) is 9.58. The summed E-state index contributed by atoms with van der Waals surface area (Å²) in [7, 11) is 5.43. The lowest BCUT2D eigenvalue weighted by atomic mass is 10.1. The first-order valence-electron chi connectivity index (χ1n) is 6.33. The number of thioether (sulfide) groups is 1. The van der Waals surface area contributed by atoms with Crippen LogP contribution in [0.1, 0.15) is 11.4 Å². The number of hydrogen-bond acceptors (Lipinski definition) is 4. The van der Waals surface area contributed by atoms with Crippen LogP contribution in [0.15, 0.2) is 35.5 Å². The van der Waals surface area contributed by atoms with Gasteiger partial charge in [-0.2, -0.15) is 0 Å². The molecule has 0 N–H and O–H groups in total. The summed E-state index contributed by atoms with van der Waals surface area (Å²) in [5.74, 6) is 1.35. The fourth-order valence-corrected chi connectivity index (χ4v) is 2.57. The van der Waals surface area contributed by atoms with E-state index in [2.05, 4.69) is 22.3 Å². The molecule has 0 saturated heterocycles. The molecule has 1 heterocycles. The molecule has 0 spiro atoms. The molecule has 2 rings (SSSR count). The molecule has 0 fully saturated rings. The van der Waals surface area contributed by atoms with Gasteiger partial charge < -0.3 is 9.47 Å². The molecular formula is C14H18N4OS. The molecule has 2 aromatic rings. The Morgan fingerprint density at radius 3 is 2.60 bits per heavy atom. The van der Waals surface area contributed by atoms with Gasteiger partial charge in [-0.05, 0) is 5.56 Å². The molecule has 20 heavy (non-hydrogen) atoms. The minimum absolute atomic E-state index is 0.0719. The second-order valence-corrected chi connectivity index (χ2v) is 5.64. The maximum atomic E-state index is 11.6. The Kier molecular flexibility index (Phi) is 4.79. The first kappa shape index (κ1) is 14.6. The smallest absolute Gasteiger partial charge is 0.232 e. The highest BCUT2D eigenvalue weighted by Gasteiger charge is 2.12. The van der Waals surface area contributed by atoms with Crippen molar-refractivity contribution in [3.8, 4) is 0 Å². The molecule has 0 atom stereocenters.